The zero-order valence-electron chi connectivity index (χ0n) is 14.1. The van der Waals surface area contributed by atoms with Crippen molar-refractivity contribution in [3.05, 3.63) is 54.1 Å². The summed E-state index contributed by atoms with van der Waals surface area (Å²) in [7, 11) is -2.08. The number of amides is 2. The first-order chi connectivity index (χ1) is 11.8. The van der Waals surface area contributed by atoms with E-state index in [9.17, 15) is 13.2 Å². The third-order valence-electron chi connectivity index (χ3n) is 3.43. The maximum Gasteiger partial charge on any atom is 0.321 e. The molecule has 0 spiro atoms. The highest BCUT2D eigenvalue weighted by molar-refractivity contribution is 7.89. The molecule has 0 bridgehead atoms. The molecule has 2 rings (SSSR count). The number of nitrogens with two attached hydrogens (primary N) is 1. The molecule has 3 N–H and O–H groups in total. The number of hydrogen-bond acceptors (Lipinski definition) is 4. The summed E-state index contributed by atoms with van der Waals surface area (Å²) in [6.45, 7) is 2.95. The molecule has 0 heterocycles. The molecule has 134 valence electrons. The smallest absolute Gasteiger partial charge is 0.321 e. The van der Waals surface area contributed by atoms with Gasteiger partial charge in [-0.2, -0.15) is 0 Å². The minimum Gasteiger partial charge on any atom is -0.494 e. The summed E-state index contributed by atoms with van der Waals surface area (Å²) in [5, 5.41) is 7.74. The van der Waals surface area contributed by atoms with Gasteiger partial charge in [-0.15, -0.1) is 0 Å². The van der Waals surface area contributed by atoms with Crippen molar-refractivity contribution in [3.8, 4) is 5.75 Å². The number of sulfonamides is 1. The van der Waals surface area contributed by atoms with E-state index in [4.69, 9.17) is 9.88 Å². The zero-order valence-corrected chi connectivity index (χ0v) is 14.9. The first kappa shape index (κ1) is 18.8. The zero-order chi connectivity index (χ0) is 18.4. The molecule has 0 saturated heterocycles. The van der Waals surface area contributed by atoms with Gasteiger partial charge in [0.1, 0.15) is 5.75 Å². The van der Waals surface area contributed by atoms with Crippen LogP contribution in [0.25, 0.3) is 0 Å². The molecular formula is C17H21N3O4S. The lowest BCUT2D eigenvalue weighted by Gasteiger charge is -2.18. The second-order valence-corrected chi connectivity index (χ2v) is 6.99. The average Bonchev–Trinajstić information content (AvgIpc) is 2.56. The molecule has 25 heavy (non-hydrogen) atoms. The van der Waals surface area contributed by atoms with Crippen molar-refractivity contribution in [3.63, 3.8) is 0 Å². The number of urea groups is 1. The van der Waals surface area contributed by atoms with Crippen molar-refractivity contribution in [2.24, 2.45) is 5.14 Å². The largest absolute Gasteiger partial charge is 0.494 e. The lowest BCUT2D eigenvalue weighted by molar-refractivity contribution is 0.220. The van der Waals surface area contributed by atoms with Crippen LogP contribution in [-0.2, 0) is 16.6 Å². The monoisotopic (exact) mass is 363 g/mol. The Kier molecular flexibility index (Phi) is 6.00. The number of hydrogen-bond donors (Lipinski definition) is 2. The highest BCUT2D eigenvalue weighted by atomic mass is 32.2. The van der Waals surface area contributed by atoms with E-state index in [1.807, 2.05) is 31.2 Å². The van der Waals surface area contributed by atoms with Crippen LogP contribution in [0.5, 0.6) is 5.75 Å². The summed E-state index contributed by atoms with van der Waals surface area (Å²) >= 11 is 0. The van der Waals surface area contributed by atoms with Crippen molar-refractivity contribution in [1.82, 2.24) is 4.90 Å². The first-order valence-electron chi connectivity index (χ1n) is 7.66. The van der Waals surface area contributed by atoms with Gasteiger partial charge in [0.25, 0.3) is 0 Å². The number of benzene rings is 2. The van der Waals surface area contributed by atoms with E-state index in [1.165, 1.54) is 29.2 Å². The Morgan fingerprint density at radius 3 is 2.24 bits per heavy atom. The van der Waals surface area contributed by atoms with Crippen LogP contribution in [-0.4, -0.2) is 33.0 Å². The summed E-state index contributed by atoms with van der Waals surface area (Å²) in [5.41, 5.74) is 1.45. The van der Waals surface area contributed by atoms with Crippen LogP contribution in [0.2, 0.25) is 0 Å². The van der Waals surface area contributed by atoms with Gasteiger partial charge in [0.2, 0.25) is 10.0 Å². The minimum absolute atomic E-state index is 0.00626. The average molecular weight is 363 g/mol. The van der Waals surface area contributed by atoms with Crippen molar-refractivity contribution < 1.29 is 17.9 Å². The summed E-state index contributed by atoms with van der Waals surface area (Å²) in [6, 6.07) is 12.9. The number of anilines is 1. The highest BCUT2D eigenvalue weighted by Crippen LogP contribution is 2.15. The molecule has 2 aromatic rings. The van der Waals surface area contributed by atoms with E-state index < -0.39 is 10.0 Å². The predicted octanol–water partition coefficient (Wildman–Crippen LogP) is 2.40. The molecule has 2 amide bonds. The van der Waals surface area contributed by atoms with Crippen molar-refractivity contribution >= 4 is 21.7 Å². The van der Waals surface area contributed by atoms with Gasteiger partial charge in [0.15, 0.2) is 0 Å². The molecule has 8 heteroatoms. The molecule has 0 unspecified atom stereocenters. The molecule has 0 radical (unpaired) electrons. The summed E-state index contributed by atoms with van der Waals surface area (Å²) in [6.07, 6.45) is 0. The van der Waals surface area contributed by atoms with Gasteiger partial charge >= 0.3 is 6.03 Å². The van der Waals surface area contributed by atoms with E-state index in [0.717, 1.165) is 11.3 Å². The molecule has 0 aromatic heterocycles. The molecule has 0 aliphatic rings. The van der Waals surface area contributed by atoms with E-state index in [-0.39, 0.29) is 10.9 Å². The van der Waals surface area contributed by atoms with Crippen LogP contribution >= 0.6 is 0 Å². The Morgan fingerprint density at radius 1 is 1.12 bits per heavy atom. The predicted molar refractivity (Wildman–Crippen MR) is 95.9 cm³/mol. The molecule has 0 fully saturated rings. The quantitative estimate of drug-likeness (QED) is 0.823. The van der Waals surface area contributed by atoms with E-state index in [0.29, 0.717) is 18.8 Å². The van der Waals surface area contributed by atoms with Gasteiger partial charge < -0.3 is 15.0 Å². The fraction of sp³-hybridized carbons (Fsp3) is 0.235. The highest BCUT2D eigenvalue weighted by Gasteiger charge is 2.11. The molecule has 0 atom stereocenters. The van der Waals surface area contributed by atoms with Crippen molar-refractivity contribution in [1.29, 1.82) is 0 Å². The Labute approximate surface area is 147 Å². The number of rotatable bonds is 6. The second kappa shape index (κ2) is 8.00. The molecule has 0 saturated carbocycles. The number of carbonyl (C=O) groups is 1. The van der Waals surface area contributed by atoms with E-state index in [1.54, 1.807) is 7.05 Å². The van der Waals surface area contributed by atoms with Gasteiger partial charge in [-0.1, -0.05) is 12.1 Å². The summed E-state index contributed by atoms with van der Waals surface area (Å²) in [5.74, 6) is 0.785. The lowest BCUT2D eigenvalue weighted by atomic mass is 10.2. The Morgan fingerprint density at radius 2 is 1.72 bits per heavy atom. The van der Waals surface area contributed by atoms with Gasteiger partial charge in [-0.3, -0.25) is 0 Å². The number of primary sulfonamides is 1. The van der Waals surface area contributed by atoms with Crippen LogP contribution < -0.4 is 15.2 Å². The Balaban J connectivity index is 1.95. The molecule has 0 aliphatic carbocycles. The van der Waals surface area contributed by atoms with E-state index in [2.05, 4.69) is 5.32 Å². The summed E-state index contributed by atoms with van der Waals surface area (Å²) in [4.78, 5) is 13.7. The number of carbonyl (C=O) groups excluding carboxylic acids is 1. The third kappa shape index (κ3) is 5.47. The molecular weight excluding hydrogens is 342 g/mol. The Hall–Kier alpha value is -2.58. The third-order valence-corrected chi connectivity index (χ3v) is 4.36. The number of nitrogens with one attached hydrogen (secondary N) is 1. The van der Waals surface area contributed by atoms with Crippen LogP contribution in [0.3, 0.4) is 0 Å². The lowest BCUT2D eigenvalue weighted by Crippen LogP contribution is -2.30. The van der Waals surface area contributed by atoms with Crippen molar-refractivity contribution in [2.75, 3.05) is 19.0 Å². The summed E-state index contributed by atoms with van der Waals surface area (Å²) < 4.78 is 27.8. The molecule has 7 nitrogen and oxygen atoms in total. The van der Waals surface area contributed by atoms with E-state index >= 15 is 0 Å². The number of ether oxygens (including phenoxy) is 1. The first-order valence-corrected chi connectivity index (χ1v) is 9.21. The van der Waals surface area contributed by atoms with Crippen LogP contribution in [0.1, 0.15) is 12.5 Å². The maximum absolute atomic E-state index is 12.2. The van der Waals surface area contributed by atoms with Crippen LogP contribution in [0.4, 0.5) is 10.5 Å². The van der Waals surface area contributed by atoms with Crippen LogP contribution in [0.15, 0.2) is 53.4 Å². The maximum atomic E-state index is 12.2. The number of nitrogens with zero attached hydrogens (tertiary/aromatic N) is 1. The van der Waals surface area contributed by atoms with Gasteiger partial charge in [-0.05, 0) is 48.9 Å². The topological polar surface area (TPSA) is 102 Å². The van der Waals surface area contributed by atoms with Crippen molar-refractivity contribution in [2.45, 2.75) is 18.4 Å². The van der Waals surface area contributed by atoms with Crippen LogP contribution in [0, 0.1) is 0 Å². The fourth-order valence-electron chi connectivity index (χ4n) is 2.15. The molecule has 2 aromatic carbocycles. The van der Waals surface area contributed by atoms with Gasteiger partial charge in [0.05, 0.1) is 11.5 Å². The standard InChI is InChI=1S/C17H21N3O4S/c1-3-24-15-8-4-13(5-9-15)12-20(2)17(21)19-14-6-10-16(11-7-14)25(18,22)23/h4-11H,3,12H2,1-2H3,(H,19,21)(H2,18,22,23). The fourth-order valence-corrected chi connectivity index (χ4v) is 2.67. The second-order valence-electron chi connectivity index (χ2n) is 5.43. The normalized spacial score (nSPS) is 11.0. The van der Waals surface area contributed by atoms with Gasteiger partial charge in [0, 0.05) is 19.3 Å². The minimum atomic E-state index is -3.75. The van der Waals surface area contributed by atoms with Gasteiger partial charge in [-0.25, -0.2) is 18.4 Å². The SMILES string of the molecule is CCOc1ccc(CN(C)C(=O)Nc2ccc(S(N)(=O)=O)cc2)cc1. The molecule has 0 aliphatic heterocycles. The Bertz CT molecular complexity index is 818.